The van der Waals surface area contributed by atoms with Gasteiger partial charge in [-0.1, -0.05) is 6.07 Å². The number of rotatable bonds is 8. The van der Waals surface area contributed by atoms with E-state index in [0.29, 0.717) is 5.92 Å². The summed E-state index contributed by atoms with van der Waals surface area (Å²) in [7, 11) is -3.53. The number of likely N-dealkylation sites (tertiary alicyclic amines) is 1. The first-order valence-corrected chi connectivity index (χ1v) is 13.7. The van der Waals surface area contributed by atoms with Gasteiger partial charge >= 0.3 is 6.18 Å². The Morgan fingerprint density at radius 3 is 2.32 bits per heavy atom. The third-order valence-electron chi connectivity index (χ3n) is 6.97. The first-order chi connectivity index (χ1) is 16.7. The van der Waals surface area contributed by atoms with Crippen molar-refractivity contribution in [3.05, 3.63) is 54.4 Å². The highest BCUT2D eigenvalue weighted by Gasteiger charge is 2.31. The second kappa shape index (κ2) is 14.0. The number of piperidine rings is 1. The predicted octanol–water partition coefficient (Wildman–Crippen LogP) is 5.71. The molecule has 0 unspecified atom stereocenters. The van der Waals surface area contributed by atoms with Gasteiger partial charge in [0.25, 0.3) is 0 Å². The summed E-state index contributed by atoms with van der Waals surface area (Å²) in [6.45, 7) is 2.71. The molecule has 1 aromatic carbocycles. The molecule has 0 spiro atoms. The Kier molecular flexibility index (Phi) is 12.0. The van der Waals surface area contributed by atoms with Crippen LogP contribution in [0.4, 0.5) is 13.2 Å². The van der Waals surface area contributed by atoms with Gasteiger partial charge in [0, 0.05) is 31.5 Å². The Morgan fingerprint density at radius 2 is 1.70 bits per heavy atom. The zero-order chi connectivity index (χ0) is 24.9. The standard InChI is InChI=1S/C25H32F3N3O3S.2ClH/c26-25(27,28)20-3-1-4-23(17-20)34-22-11-15-31(16-12-22)14-10-19-6-8-21(9-7-19)30-35(32,33)24-5-2-13-29-18-24;;/h1-5,13,17-19,21-22,30H,6-12,14-16H2;2*1H/t19-,21-;;. The number of halogens is 5. The summed E-state index contributed by atoms with van der Waals surface area (Å²) in [5.74, 6) is 0.849. The van der Waals surface area contributed by atoms with Crippen LogP contribution in [-0.2, 0) is 16.2 Å². The van der Waals surface area contributed by atoms with Crippen molar-refractivity contribution in [1.82, 2.24) is 14.6 Å². The maximum atomic E-state index is 12.9. The number of benzene rings is 1. The van der Waals surface area contributed by atoms with Crippen molar-refractivity contribution in [2.75, 3.05) is 19.6 Å². The summed E-state index contributed by atoms with van der Waals surface area (Å²) < 4.78 is 72.4. The van der Waals surface area contributed by atoms with Crippen molar-refractivity contribution in [3.63, 3.8) is 0 Å². The predicted molar refractivity (Wildman–Crippen MR) is 141 cm³/mol. The topological polar surface area (TPSA) is 71.5 Å². The highest BCUT2D eigenvalue weighted by atomic mass is 35.5. The van der Waals surface area contributed by atoms with Crippen LogP contribution < -0.4 is 9.46 Å². The van der Waals surface area contributed by atoms with E-state index in [-0.39, 0.29) is 47.6 Å². The summed E-state index contributed by atoms with van der Waals surface area (Å²) in [6, 6.07) is 8.21. The fraction of sp³-hybridized carbons (Fsp3) is 0.560. The number of pyridine rings is 1. The SMILES string of the molecule is Cl.Cl.O=S(=O)(N[C@H]1CC[C@H](CCN2CCC(Oc3cccc(C(F)(F)F)c3)CC2)CC1)c1cccnc1. The normalized spacial score (nSPS) is 21.5. The monoisotopic (exact) mass is 583 g/mol. The summed E-state index contributed by atoms with van der Waals surface area (Å²) in [5.41, 5.74) is -0.688. The lowest BCUT2D eigenvalue weighted by Gasteiger charge is -2.34. The third-order valence-corrected chi connectivity index (χ3v) is 8.47. The average molecular weight is 585 g/mol. The fourth-order valence-corrected chi connectivity index (χ4v) is 6.18. The maximum Gasteiger partial charge on any atom is 0.416 e. The Bertz CT molecular complexity index is 1060. The first-order valence-electron chi connectivity index (χ1n) is 12.2. The number of nitrogens with one attached hydrogen (secondary N) is 1. The van der Waals surface area contributed by atoms with Crippen LogP contribution in [0.1, 0.15) is 50.5 Å². The number of nitrogens with zero attached hydrogens (tertiary/aromatic N) is 2. The van der Waals surface area contributed by atoms with Gasteiger partial charge in [0.1, 0.15) is 16.7 Å². The molecule has 0 bridgehead atoms. The van der Waals surface area contributed by atoms with Gasteiger partial charge in [-0.05, 0) is 87.7 Å². The van der Waals surface area contributed by atoms with Crippen molar-refractivity contribution in [3.8, 4) is 5.75 Å². The molecule has 12 heteroatoms. The van der Waals surface area contributed by atoms with Gasteiger partial charge in [0.15, 0.2) is 0 Å². The van der Waals surface area contributed by atoms with E-state index in [0.717, 1.165) is 76.7 Å². The summed E-state index contributed by atoms with van der Waals surface area (Å²) >= 11 is 0. The molecule has 6 nitrogen and oxygen atoms in total. The summed E-state index contributed by atoms with van der Waals surface area (Å²) in [6.07, 6.45) is 4.78. The maximum absolute atomic E-state index is 12.9. The van der Waals surface area contributed by atoms with E-state index in [2.05, 4.69) is 14.6 Å². The lowest BCUT2D eigenvalue weighted by atomic mass is 9.84. The molecule has 2 fully saturated rings. The molecule has 0 radical (unpaired) electrons. The van der Waals surface area contributed by atoms with Crippen LogP contribution in [-0.4, -0.2) is 50.1 Å². The minimum absolute atomic E-state index is 0. The Morgan fingerprint density at radius 1 is 1.00 bits per heavy atom. The molecule has 1 aliphatic heterocycles. The van der Waals surface area contributed by atoms with Gasteiger partial charge in [0.2, 0.25) is 10.0 Å². The number of alkyl halides is 3. The zero-order valence-electron chi connectivity index (χ0n) is 20.4. The molecular formula is C25H34Cl2F3N3O3S. The van der Waals surface area contributed by atoms with Crippen molar-refractivity contribution >= 4 is 34.8 Å². The van der Waals surface area contributed by atoms with Crippen LogP contribution in [0.15, 0.2) is 53.7 Å². The lowest BCUT2D eigenvalue weighted by molar-refractivity contribution is -0.137. The van der Waals surface area contributed by atoms with Gasteiger partial charge in [-0.2, -0.15) is 13.2 Å². The molecule has 1 aliphatic carbocycles. The second-order valence-electron chi connectivity index (χ2n) is 9.50. The lowest BCUT2D eigenvalue weighted by Crippen LogP contribution is -2.40. The van der Waals surface area contributed by atoms with Gasteiger partial charge in [-0.15, -0.1) is 24.8 Å². The van der Waals surface area contributed by atoms with E-state index >= 15 is 0 Å². The van der Waals surface area contributed by atoms with Crippen LogP contribution in [0.2, 0.25) is 0 Å². The van der Waals surface area contributed by atoms with Crippen molar-refractivity contribution in [1.29, 1.82) is 0 Å². The molecule has 1 aromatic heterocycles. The third kappa shape index (κ3) is 9.28. The highest BCUT2D eigenvalue weighted by Crippen LogP contribution is 2.32. The Balaban J connectivity index is 0.00000241. The number of aromatic nitrogens is 1. The van der Waals surface area contributed by atoms with E-state index < -0.39 is 21.8 Å². The van der Waals surface area contributed by atoms with E-state index in [1.54, 1.807) is 24.4 Å². The molecule has 1 saturated carbocycles. The van der Waals surface area contributed by atoms with Gasteiger partial charge in [0.05, 0.1) is 5.56 Å². The zero-order valence-corrected chi connectivity index (χ0v) is 22.8. The molecule has 1 N–H and O–H groups in total. The molecule has 0 amide bonds. The van der Waals surface area contributed by atoms with Gasteiger partial charge < -0.3 is 9.64 Å². The molecule has 2 aliphatic rings. The van der Waals surface area contributed by atoms with Crippen LogP contribution in [0.25, 0.3) is 0 Å². The minimum Gasteiger partial charge on any atom is -0.490 e. The summed E-state index contributed by atoms with van der Waals surface area (Å²) in [4.78, 5) is 6.48. The largest absolute Gasteiger partial charge is 0.490 e. The molecule has 1 saturated heterocycles. The first kappa shape index (κ1) is 31.6. The van der Waals surface area contributed by atoms with E-state index in [1.807, 2.05) is 0 Å². The number of sulfonamides is 1. The van der Waals surface area contributed by atoms with E-state index in [9.17, 15) is 21.6 Å². The minimum atomic E-state index is -4.37. The van der Waals surface area contributed by atoms with Crippen LogP contribution >= 0.6 is 24.8 Å². The fourth-order valence-electron chi connectivity index (χ4n) is 4.92. The average Bonchev–Trinajstić information content (AvgIpc) is 2.84. The molecule has 2 heterocycles. The Hall–Kier alpha value is -1.59. The second-order valence-corrected chi connectivity index (χ2v) is 11.2. The molecular weight excluding hydrogens is 550 g/mol. The van der Waals surface area contributed by atoms with E-state index in [1.165, 1.54) is 12.3 Å². The van der Waals surface area contributed by atoms with Crippen molar-refractivity contribution < 1.29 is 26.3 Å². The highest BCUT2D eigenvalue weighted by molar-refractivity contribution is 7.89. The molecule has 2 aromatic rings. The van der Waals surface area contributed by atoms with Crippen molar-refractivity contribution in [2.24, 2.45) is 5.92 Å². The number of hydrogen-bond donors (Lipinski definition) is 1. The van der Waals surface area contributed by atoms with E-state index in [4.69, 9.17) is 4.74 Å². The molecule has 208 valence electrons. The van der Waals surface area contributed by atoms with Crippen molar-refractivity contribution in [2.45, 2.75) is 68.2 Å². The molecule has 4 rings (SSSR count). The number of ether oxygens (including phenoxy) is 1. The van der Waals surface area contributed by atoms with Gasteiger partial charge in [-0.3, -0.25) is 4.98 Å². The Labute approximate surface area is 229 Å². The molecule has 37 heavy (non-hydrogen) atoms. The van der Waals surface area contributed by atoms with Crippen LogP contribution in [0.5, 0.6) is 5.75 Å². The quantitative estimate of drug-likeness (QED) is 0.430. The smallest absolute Gasteiger partial charge is 0.416 e. The summed E-state index contributed by atoms with van der Waals surface area (Å²) in [5, 5.41) is 0. The van der Waals surface area contributed by atoms with Crippen LogP contribution in [0, 0.1) is 5.92 Å². The number of hydrogen-bond acceptors (Lipinski definition) is 5. The van der Waals surface area contributed by atoms with Crippen LogP contribution in [0.3, 0.4) is 0 Å². The van der Waals surface area contributed by atoms with Gasteiger partial charge in [-0.25, -0.2) is 13.1 Å². The molecule has 0 atom stereocenters.